The molecule has 6 nitrogen and oxygen atoms in total. The van der Waals surface area contributed by atoms with Crippen LogP contribution in [0.5, 0.6) is 5.75 Å². The smallest absolute Gasteiger partial charge is 0.351 e. The Morgan fingerprint density at radius 1 is 1.07 bits per heavy atom. The standard InChI is InChI=1S/C21H20N2O4S/c1-13-18(28-20(22-13)15-9-5-4-6-10-15)21(25)27-14(2)19(24)23-16-11-7-8-12-17(16)26-3/h4-12,14H,1-3H3,(H,23,24)/t14-/m0/s1. The fraction of sp³-hybridized carbons (Fsp3) is 0.190. The van der Waals surface area contributed by atoms with Crippen molar-refractivity contribution >= 4 is 28.9 Å². The molecule has 1 heterocycles. The minimum absolute atomic E-state index is 0.385. The lowest BCUT2D eigenvalue weighted by molar-refractivity contribution is -0.123. The zero-order valence-electron chi connectivity index (χ0n) is 15.8. The van der Waals surface area contributed by atoms with Crippen LogP contribution in [-0.2, 0) is 9.53 Å². The second-order valence-corrected chi connectivity index (χ2v) is 7.04. The molecular weight excluding hydrogens is 376 g/mol. The van der Waals surface area contributed by atoms with E-state index in [1.807, 2.05) is 30.3 Å². The van der Waals surface area contributed by atoms with Gasteiger partial charge in [0.25, 0.3) is 5.91 Å². The molecule has 2 aromatic carbocycles. The number of anilines is 1. The van der Waals surface area contributed by atoms with Crippen molar-refractivity contribution in [3.05, 3.63) is 65.2 Å². The van der Waals surface area contributed by atoms with E-state index in [2.05, 4.69) is 10.3 Å². The summed E-state index contributed by atoms with van der Waals surface area (Å²) in [5.74, 6) is -0.483. The lowest BCUT2D eigenvalue weighted by Crippen LogP contribution is -2.30. The summed E-state index contributed by atoms with van der Waals surface area (Å²) in [6.07, 6.45) is -0.973. The highest BCUT2D eigenvalue weighted by Crippen LogP contribution is 2.28. The number of benzene rings is 2. The van der Waals surface area contributed by atoms with Crippen molar-refractivity contribution in [3.8, 4) is 16.3 Å². The van der Waals surface area contributed by atoms with Crippen LogP contribution in [0, 0.1) is 6.92 Å². The minimum atomic E-state index is -0.973. The van der Waals surface area contributed by atoms with Crippen molar-refractivity contribution in [2.45, 2.75) is 20.0 Å². The van der Waals surface area contributed by atoms with Gasteiger partial charge in [0.05, 0.1) is 18.5 Å². The van der Waals surface area contributed by atoms with Crippen molar-refractivity contribution in [1.82, 2.24) is 4.98 Å². The second-order valence-electron chi connectivity index (χ2n) is 6.04. The van der Waals surface area contributed by atoms with Gasteiger partial charge in [0, 0.05) is 5.56 Å². The predicted octanol–water partition coefficient (Wildman–Crippen LogP) is 4.31. The predicted molar refractivity (Wildman–Crippen MR) is 109 cm³/mol. The van der Waals surface area contributed by atoms with Crippen molar-refractivity contribution in [1.29, 1.82) is 0 Å². The van der Waals surface area contributed by atoms with E-state index >= 15 is 0 Å². The van der Waals surface area contributed by atoms with Gasteiger partial charge in [-0.2, -0.15) is 0 Å². The molecule has 3 aromatic rings. The fourth-order valence-electron chi connectivity index (χ4n) is 2.54. The highest BCUT2D eigenvalue weighted by molar-refractivity contribution is 7.17. The summed E-state index contributed by atoms with van der Waals surface area (Å²) in [6.45, 7) is 3.27. The van der Waals surface area contributed by atoms with Gasteiger partial charge in [-0.25, -0.2) is 9.78 Å². The molecule has 0 radical (unpaired) electrons. The molecule has 7 heteroatoms. The molecule has 28 heavy (non-hydrogen) atoms. The molecule has 0 saturated heterocycles. The van der Waals surface area contributed by atoms with Gasteiger partial charge in [-0.1, -0.05) is 42.5 Å². The molecule has 0 aliphatic heterocycles. The number of carbonyl (C=O) groups is 2. The van der Waals surface area contributed by atoms with Crippen molar-refractivity contribution < 1.29 is 19.1 Å². The van der Waals surface area contributed by atoms with E-state index in [-0.39, 0.29) is 0 Å². The highest BCUT2D eigenvalue weighted by atomic mass is 32.1. The van der Waals surface area contributed by atoms with E-state index < -0.39 is 18.0 Å². The van der Waals surface area contributed by atoms with Gasteiger partial charge < -0.3 is 14.8 Å². The zero-order valence-corrected chi connectivity index (χ0v) is 16.6. The van der Waals surface area contributed by atoms with Crippen molar-refractivity contribution in [2.75, 3.05) is 12.4 Å². The van der Waals surface area contributed by atoms with Gasteiger partial charge in [0.15, 0.2) is 6.10 Å². The fourth-order valence-corrected chi connectivity index (χ4v) is 3.49. The maximum atomic E-state index is 12.5. The molecule has 0 saturated carbocycles. The molecule has 144 valence electrons. The zero-order chi connectivity index (χ0) is 20.1. The van der Waals surface area contributed by atoms with Crippen LogP contribution in [0.3, 0.4) is 0 Å². The normalized spacial score (nSPS) is 11.5. The van der Waals surface area contributed by atoms with E-state index in [1.54, 1.807) is 31.2 Å². The number of hydrogen-bond acceptors (Lipinski definition) is 6. The quantitative estimate of drug-likeness (QED) is 0.628. The lowest BCUT2D eigenvalue weighted by Gasteiger charge is -2.14. The Hall–Kier alpha value is -3.19. The summed E-state index contributed by atoms with van der Waals surface area (Å²) in [5.41, 5.74) is 2.01. The van der Waals surface area contributed by atoms with Crippen molar-refractivity contribution in [2.24, 2.45) is 0 Å². The number of aryl methyl sites for hydroxylation is 1. The van der Waals surface area contributed by atoms with Gasteiger partial charge >= 0.3 is 5.97 Å². The van der Waals surface area contributed by atoms with E-state index in [1.165, 1.54) is 25.4 Å². The van der Waals surface area contributed by atoms with E-state index in [4.69, 9.17) is 9.47 Å². The largest absolute Gasteiger partial charge is 0.495 e. The summed E-state index contributed by atoms with van der Waals surface area (Å²) < 4.78 is 10.6. The number of nitrogens with zero attached hydrogens (tertiary/aromatic N) is 1. The molecule has 1 N–H and O–H groups in total. The third-order valence-electron chi connectivity index (χ3n) is 4.02. The van der Waals surface area contributed by atoms with Gasteiger partial charge in [-0.3, -0.25) is 4.79 Å². The Morgan fingerprint density at radius 2 is 1.75 bits per heavy atom. The number of methoxy groups -OCH3 is 1. The Kier molecular flexibility index (Phi) is 6.06. The number of nitrogens with one attached hydrogen (secondary N) is 1. The maximum absolute atomic E-state index is 12.5. The van der Waals surface area contributed by atoms with Crippen LogP contribution in [0.2, 0.25) is 0 Å². The first-order valence-electron chi connectivity index (χ1n) is 8.67. The topological polar surface area (TPSA) is 77.5 Å². The number of thiazole rings is 1. The molecule has 3 rings (SSSR count). The van der Waals surface area contributed by atoms with Crippen LogP contribution in [0.25, 0.3) is 10.6 Å². The molecule has 0 aliphatic carbocycles. The number of amides is 1. The third-order valence-corrected chi connectivity index (χ3v) is 5.21. The summed E-state index contributed by atoms with van der Waals surface area (Å²) in [5, 5.41) is 3.44. The lowest BCUT2D eigenvalue weighted by atomic mass is 10.2. The summed E-state index contributed by atoms with van der Waals surface area (Å²) in [4.78, 5) is 29.8. The average Bonchev–Trinajstić information content (AvgIpc) is 3.10. The van der Waals surface area contributed by atoms with Gasteiger partial charge in [-0.15, -0.1) is 11.3 Å². The minimum Gasteiger partial charge on any atom is -0.495 e. The van der Waals surface area contributed by atoms with E-state index in [9.17, 15) is 9.59 Å². The number of rotatable bonds is 6. The van der Waals surface area contributed by atoms with Gasteiger partial charge in [-0.05, 0) is 26.0 Å². The second kappa shape index (κ2) is 8.67. The van der Waals surface area contributed by atoms with Crippen LogP contribution < -0.4 is 10.1 Å². The van der Waals surface area contributed by atoms with Crippen LogP contribution in [0.4, 0.5) is 5.69 Å². The average molecular weight is 396 g/mol. The number of para-hydroxylation sites is 2. The monoisotopic (exact) mass is 396 g/mol. The first-order valence-corrected chi connectivity index (χ1v) is 9.49. The van der Waals surface area contributed by atoms with Crippen LogP contribution >= 0.6 is 11.3 Å². The van der Waals surface area contributed by atoms with E-state index in [0.29, 0.717) is 22.0 Å². The Morgan fingerprint density at radius 3 is 2.46 bits per heavy atom. The molecule has 0 unspecified atom stereocenters. The molecule has 1 amide bonds. The van der Waals surface area contributed by atoms with Gasteiger partial charge in [0.1, 0.15) is 15.6 Å². The maximum Gasteiger partial charge on any atom is 0.351 e. The van der Waals surface area contributed by atoms with Crippen molar-refractivity contribution in [3.63, 3.8) is 0 Å². The number of ether oxygens (including phenoxy) is 2. The van der Waals surface area contributed by atoms with Crippen LogP contribution in [0.1, 0.15) is 22.3 Å². The first kappa shape index (κ1) is 19.6. The summed E-state index contributed by atoms with van der Waals surface area (Å²) >= 11 is 1.25. The Bertz CT molecular complexity index is 985. The molecular formula is C21H20N2O4S. The highest BCUT2D eigenvalue weighted by Gasteiger charge is 2.23. The first-order chi connectivity index (χ1) is 13.5. The molecule has 1 atom stereocenters. The molecule has 0 aliphatic rings. The van der Waals surface area contributed by atoms with Crippen LogP contribution in [-0.4, -0.2) is 30.1 Å². The summed E-state index contributed by atoms with van der Waals surface area (Å²) in [7, 11) is 1.52. The molecule has 0 bridgehead atoms. The number of aromatic nitrogens is 1. The molecule has 0 spiro atoms. The molecule has 1 aromatic heterocycles. The molecule has 0 fully saturated rings. The summed E-state index contributed by atoms with van der Waals surface area (Å²) in [6, 6.07) is 16.6. The van der Waals surface area contributed by atoms with Gasteiger partial charge in [0.2, 0.25) is 0 Å². The SMILES string of the molecule is COc1ccccc1NC(=O)[C@H](C)OC(=O)c1sc(-c2ccccc2)nc1C. The van der Waals surface area contributed by atoms with E-state index in [0.717, 1.165) is 10.6 Å². The third kappa shape index (κ3) is 4.37. The number of esters is 1. The van der Waals surface area contributed by atoms with Crippen LogP contribution in [0.15, 0.2) is 54.6 Å². The number of carbonyl (C=O) groups excluding carboxylic acids is 2. The number of hydrogen-bond donors (Lipinski definition) is 1. The Labute approximate surface area is 167 Å². The Balaban J connectivity index is 1.69.